The highest BCUT2D eigenvalue weighted by atomic mass is 32.2. The minimum atomic E-state index is -0.953. The normalized spacial score (nSPS) is 12.1. The molecule has 4 aromatic rings. The molecule has 1 aromatic heterocycles. The van der Waals surface area contributed by atoms with Crippen LogP contribution in [-0.4, -0.2) is 28.2 Å². The Labute approximate surface area is 230 Å². The van der Waals surface area contributed by atoms with E-state index in [-0.39, 0.29) is 17.8 Å². The second-order valence-corrected chi connectivity index (χ2v) is 11.2. The molecule has 7 nitrogen and oxygen atoms in total. The predicted octanol–water partition coefficient (Wildman–Crippen LogP) is 5.90. The highest BCUT2D eigenvalue weighted by molar-refractivity contribution is 7.99. The van der Waals surface area contributed by atoms with Crippen molar-refractivity contribution in [2.24, 2.45) is 7.05 Å². The Morgan fingerprint density at radius 3 is 2.33 bits per heavy atom. The average Bonchev–Trinajstić information content (AvgIpc) is 2.88. The molecule has 202 valence electrons. The summed E-state index contributed by atoms with van der Waals surface area (Å²) in [5.74, 6) is -0.829. The number of rotatable bonds is 7. The lowest BCUT2D eigenvalue weighted by Gasteiger charge is -2.23. The minimum Gasteiger partial charge on any atom is -0.444 e. The lowest BCUT2D eigenvalue weighted by molar-refractivity contribution is -0.118. The molecule has 39 heavy (non-hydrogen) atoms. The molecule has 0 aliphatic rings. The Morgan fingerprint density at radius 2 is 1.67 bits per heavy atom. The number of carbonyl (C=O) groups is 2. The molecule has 3 aromatic carbocycles. The summed E-state index contributed by atoms with van der Waals surface area (Å²) in [6.07, 6.45) is -0.576. The monoisotopic (exact) mass is 547 g/mol. The topological polar surface area (TPSA) is 89.4 Å². The second-order valence-electron chi connectivity index (χ2n) is 10.1. The maximum atomic E-state index is 13.4. The summed E-state index contributed by atoms with van der Waals surface area (Å²) in [6, 6.07) is 21.3. The van der Waals surface area contributed by atoms with Gasteiger partial charge in [0.2, 0.25) is 5.91 Å². The molecular weight excluding hydrogens is 517 g/mol. The summed E-state index contributed by atoms with van der Waals surface area (Å²) in [7, 11) is 1.75. The molecule has 0 saturated heterocycles. The van der Waals surface area contributed by atoms with Gasteiger partial charge in [-0.3, -0.25) is 9.59 Å². The van der Waals surface area contributed by atoms with E-state index in [9.17, 15) is 18.8 Å². The van der Waals surface area contributed by atoms with Crippen LogP contribution in [0.2, 0.25) is 0 Å². The summed E-state index contributed by atoms with van der Waals surface area (Å²) >= 11 is 1.46. The zero-order valence-electron chi connectivity index (χ0n) is 22.2. The number of anilines is 1. The number of halogens is 1. The van der Waals surface area contributed by atoms with Gasteiger partial charge in [0.05, 0.1) is 5.52 Å². The quantitative estimate of drug-likeness (QED) is 0.301. The van der Waals surface area contributed by atoms with Gasteiger partial charge in [-0.2, -0.15) is 0 Å². The van der Waals surface area contributed by atoms with Crippen molar-refractivity contribution in [3.05, 3.63) is 101 Å². The number of amides is 2. The van der Waals surface area contributed by atoms with Gasteiger partial charge in [-0.25, -0.2) is 9.18 Å². The number of nitrogens with one attached hydrogen (secondary N) is 2. The number of alkyl carbamates (subject to hydrolysis) is 1. The first-order chi connectivity index (χ1) is 18.5. The Morgan fingerprint density at radius 1 is 1.00 bits per heavy atom. The van der Waals surface area contributed by atoms with E-state index < -0.39 is 23.6 Å². The summed E-state index contributed by atoms with van der Waals surface area (Å²) in [4.78, 5) is 39.8. The lowest BCUT2D eigenvalue weighted by Crippen LogP contribution is -2.47. The number of benzene rings is 3. The fourth-order valence-electron chi connectivity index (χ4n) is 3.94. The second kappa shape index (κ2) is 11.7. The molecule has 1 atom stereocenters. The molecule has 9 heteroatoms. The molecule has 1 unspecified atom stereocenters. The molecule has 0 radical (unpaired) electrons. The number of aryl methyl sites for hydroxylation is 1. The van der Waals surface area contributed by atoms with Crippen LogP contribution >= 0.6 is 11.8 Å². The van der Waals surface area contributed by atoms with Crippen molar-refractivity contribution in [2.45, 2.75) is 48.6 Å². The van der Waals surface area contributed by atoms with Crippen molar-refractivity contribution in [3.63, 3.8) is 0 Å². The van der Waals surface area contributed by atoms with Gasteiger partial charge in [0, 0.05) is 40.4 Å². The van der Waals surface area contributed by atoms with Crippen LogP contribution in [0.3, 0.4) is 0 Å². The third-order valence-electron chi connectivity index (χ3n) is 5.83. The van der Waals surface area contributed by atoms with E-state index in [1.54, 1.807) is 62.7 Å². The van der Waals surface area contributed by atoms with Crippen LogP contribution in [-0.2, 0) is 23.0 Å². The fourth-order valence-corrected chi connectivity index (χ4v) is 4.91. The number of nitrogens with zero attached hydrogens (tertiary/aromatic N) is 1. The van der Waals surface area contributed by atoms with E-state index in [1.807, 2.05) is 36.4 Å². The molecule has 0 bridgehead atoms. The number of aromatic nitrogens is 1. The van der Waals surface area contributed by atoms with Crippen LogP contribution in [0.5, 0.6) is 0 Å². The first kappa shape index (κ1) is 27.9. The number of hydrogen-bond donors (Lipinski definition) is 2. The number of para-hydroxylation sites is 1. The van der Waals surface area contributed by atoms with Gasteiger partial charge in [0.15, 0.2) is 0 Å². The third kappa shape index (κ3) is 7.48. The zero-order chi connectivity index (χ0) is 28.2. The van der Waals surface area contributed by atoms with Crippen LogP contribution < -0.4 is 16.2 Å². The van der Waals surface area contributed by atoms with Crippen LogP contribution in [0.1, 0.15) is 26.3 Å². The lowest BCUT2D eigenvalue weighted by atomic mass is 10.1. The molecule has 2 N–H and O–H groups in total. The van der Waals surface area contributed by atoms with Crippen molar-refractivity contribution in [3.8, 4) is 0 Å². The van der Waals surface area contributed by atoms with Crippen molar-refractivity contribution < 1.29 is 18.7 Å². The number of pyridine rings is 1. The molecule has 0 fully saturated rings. The van der Waals surface area contributed by atoms with Crippen molar-refractivity contribution >= 4 is 40.4 Å². The maximum absolute atomic E-state index is 13.4. The Balaban J connectivity index is 1.49. The van der Waals surface area contributed by atoms with Gasteiger partial charge >= 0.3 is 6.09 Å². The molecule has 0 aliphatic carbocycles. The van der Waals surface area contributed by atoms with Crippen molar-refractivity contribution in [1.29, 1.82) is 0 Å². The molecule has 0 saturated carbocycles. The highest BCUT2D eigenvalue weighted by Gasteiger charge is 2.25. The van der Waals surface area contributed by atoms with Crippen LogP contribution in [0.15, 0.2) is 93.4 Å². The third-order valence-corrected chi connectivity index (χ3v) is 6.89. The van der Waals surface area contributed by atoms with E-state index >= 15 is 0 Å². The predicted molar refractivity (Wildman–Crippen MR) is 152 cm³/mol. The summed E-state index contributed by atoms with van der Waals surface area (Å²) in [5, 5.41) is 6.43. The number of fused-ring (bicyclic) bond motifs is 1. The van der Waals surface area contributed by atoms with Gasteiger partial charge < -0.3 is 19.9 Å². The summed E-state index contributed by atoms with van der Waals surface area (Å²) in [6.45, 7) is 5.20. The Bertz CT molecular complexity index is 1540. The first-order valence-corrected chi connectivity index (χ1v) is 13.2. The summed E-state index contributed by atoms with van der Waals surface area (Å²) in [5.41, 5.74) is 1.24. The number of hydrogen-bond acceptors (Lipinski definition) is 5. The Kier molecular flexibility index (Phi) is 8.40. The first-order valence-electron chi connectivity index (χ1n) is 12.4. The molecule has 0 aliphatic heterocycles. The smallest absolute Gasteiger partial charge is 0.408 e. The fraction of sp³-hybridized carbons (Fsp3) is 0.233. The molecule has 0 spiro atoms. The van der Waals surface area contributed by atoms with Gasteiger partial charge in [-0.1, -0.05) is 42.1 Å². The number of ether oxygens (including phenoxy) is 1. The van der Waals surface area contributed by atoms with E-state index in [0.717, 1.165) is 20.7 Å². The van der Waals surface area contributed by atoms with Crippen molar-refractivity contribution in [1.82, 2.24) is 9.88 Å². The van der Waals surface area contributed by atoms with Crippen LogP contribution in [0.25, 0.3) is 10.9 Å². The minimum absolute atomic E-state index is 0.0928. The van der Waals surface area contributed by atoms with Crippen molar-refractivity contribution in [2.75, 3.05) is 5.32 Å². The zero-order valence-corrected chi connectivity index (χ0v) is 23.0. The van der Waals surface area contributed by atoms with Gasteiger partial charge in [0.25, 0.3) is 5.56 Å². The Hall–Kier alpha value is -4.11. The molecular formula is C30H30FN3O4S. The van der Waals surface area contributed by atoms with Crippen LogP contribution in [0.4, 0.5) is 14.9 Å². The average molecular weight is 548 g/mol. The van der Waals surface area contributed by atoms with E-state index in [4.69, 9.17) is 4.74 Å². The molecule has 1 heterocycles. The van der Waals surface area contributed by atoms with Crippen LogP contribution in [0, 0.1) is 5.82 Å². The van der Waals surface area contributed by atoms with E-state index in [1.165, 1.54) is 23.9 Å². The molecule has 2 amide bonds. The van der Waals surface area contributed by atoms with E-state index in [0.29, 0.717) is 11.3 Å². The standard InChI is InChI=1S/C30H30FN3O4S/c1-30(2,3)38-29(37)33-24(17-19-9-11-20(31)12-10-19)28(36)32-21-13-15-22(16-14-21)39-26-18-27(35)34(4)25-8-6-5-7-23(25)26/h5-16,18,24H,17H2,1-4H3,(H,32,36)(H,33,37). The highest BCUT2D eigenvalue weighted by Crippen LogP contribution is 2.33. The van der Waals surface area contributed by atoms with Gasteiger partial charge in [-0.05, 0) is 68.8 Å². The summed E-state index contributed by atoms with van der Waals surface area (Å²) < 4.78 is 20.3. The van der Waals surface area contributed by atoms with Gasteiger partial charge in [-0.15, -0.1) is 0 Å². The largest absolute Gasteiger partial charge is 0.444 e. The maximum Gasteiger partial charge on any atom is 0.408 e. The van der Waals surface area contributed by atoms with E-state index in [2.05, 4.69) is 10.6 Å². The SMILES string of the molecule is Cn1c(=O)cc(Sc2ccc(NC(=O)C(Cc3ccc(F)cc3)NC(=O)OC(C)(C)C)cc2)c2ccccc21. The van der Waals surface area contributed by atoms with Gasteiger partial charge in [0.1, 0.15) is 17.5 Å². The molecule has 4 rings (SSSR count). The number of carbonyl (C=O) groups excluding carboxylic acids is 2.